The number of rotatable bonds is 8. The van der Waals surface area contributed by atoms with Crippen LogP contribution in [0.4, 0.5) is 5.69 Å². The molecule has 0 saturated carbocycles. The minimum Gasteiger partial charge on any atom is -0.485 e. The molecule has 1 aliphatic heterocycles. The van der Waals surface area contributed by atoms with Crippen LogP contribution in [0.25, 0.3) is 0 Å². The van der Waals surface area contributed by atoms with E-state index in [-0.39, 0.29) is 5.88 Å². The first kappa shape index (κ1) is 24.8. The zero-order valence-electron chi connectivity index (χ0n) is 21.4. The van der Waals surface area contributed by atoms with E-state index in [4.69, 9.17) is 19.9 Å². The molecule has 1 aliphatic rings. The van der Waals surface area contributed by atoms with E-state index >= 15 is 0 Å². The normalized spacial score (nSPS) is 14.2. The van der Waals surface area contributed by atoms with Gasteiger partial charge in [-0.1, -0.05) is 72.8 Å². The molecule has 2 N–H and O–H groups in total. The van der Waals surface area contributed by atoms with Gasteiger partial charge in [-0.2, -0.15) is 5.26 Å². The van der Waals surface area contributed by atoms with E-state index in [1.54, 1.807) is 0 Å². The van der Waals surface area contributed by atoms with Gasteiger partial charge in [0.25, 0.3) is 0 Å². The molecule has 0 bridgehead atoms. The van der Waals surface area contributed by atoms with Crippen molar-refractivity contribution in [2.45, 2.75) is 19.1 Å². The number of benzene rings is 4. The lowest BCUT2D eigenvalue weighted by molar-refractivity contribution is 0.255. The van der Waals surface area contributed by atoms with Crippen LogP contribution in [-0.2, 0) is 13.2 Å². The van der Waals surface area contributed by atoms with Gasteiger partial charge in [0.2, 0.25) is 5.88 Å². The van der Waals surface area contributed by atoms with Gasteiger partial charge >= 0.3 is 0 Å². The zero-order valence-corrected chi connectivity index (χ0v) is 21.4. The van der Waals surface area contributed by atoms with E-state index in [9.17, 15) is 5.26 Å². The van der Waals surface area contributed by atoms with Crippen molar-refractivity contribution in [2.24, 2.45) is 5.73 Å². The highest BCUT2D eigenvalue weighted by Crippen LogP contribution is 2.45. The SMILES string of the molecule is CN(C)c1ccc2c(c1)OC(N)=C(C#N)C2c1ccc(OCc2ccccc2)c(OCc2ccccc2)c1. The Bertz CT molecular complexity index is 1490. The first-order valence-electron chi connectivity index (χ1n) is 12.4. The Morgan fingerprint density at radius 2 is 1.45 bits per heavy atom. The highest BCUT2D eigenvalue weighted by atomic mass is 16.5. The summed E-state index contributed by atoms with van der Waals surface area (Å²) in [5, 5.41) is 10.0. The summed E-state index contributed by atoms with van der Waals surface area (Å²) < 4.78 is 18.3. The summed E-state index contributed by atoms with van der Waals surface area (Å²) in [7, 11) is 3.93. The van der Waals surface area contributed by atoms with Crippen LogP contribution in [-0.4, -0.2) is 14.1 Å². The lowest BCUT2D eigenvalue weighted by Crippen LogP contribution is -2.21. The van der Waals surface area contributed by atoms with Crippen LogP contribution in [0.15, 0.2) is 109 Å². The average Bonchev–Trinajstić information content (AvgIpc) is 2.95. The molecule has 0 fully saturated rings. The summed E-state index contributed by atoms with van der Waals surface area (Å²) >= 11 is 0. The quantitative estimate of drug-likeness (QED) is 0.312. The Balaban J connectivity index is 1.53. The standard InChI is InChI=1S/C32H29N3O3/c1-35(2)25-14-15-26-29(18-25)38-32(34)27(19-33)31(26)24-13-16-28(36-20-22-9-5-3-6-10-22)30(17-24)37-21-23-11-7-4-8-12-23/h3-18,31H,20-21,34H2,1-2H3. The third kappa shape index (κ3) is 5.28. The van der Waals surface area contributed by atoms with Crippen molar-refractivity contribution in [3.63, 3.8) is 0 Å². The third-order valence-corrected chi connectivity index (χ3v) is 6.49. The maximum atomic E-state index is 10.0. The molecule has 0 saturated heterocycles. The van der Waals surface area contributed by atoms with E-state index in [0.29, 0.717) is 36.0 Å². The molecule has 1 heterocycles. The molecule has 1 unspecified atom stereocenters. The smallest absolute Gasteiger partial charge is 0.205 e. The van der Waals surface area contributed by atoms with Gasteiger partial charge in [-0.15, -0.1) is 0 Å². The second kappa shape index (κ2) is 11.0. The maximum Gasteiger partial charge on any atom is 0.205 e. The van der Waals surface area contributed by atoms with Crippen molar-refractivity contribution in [1.82, 2.24) is 0 Å². The predicted octanol–water partition coefficient (Wildman–Crippen LogP) is 6.13. The lowest BCUT2D eigenvalue weighted by atomic mass is 9.83. The van der Waals surface area contributed by atoms with Gasteiger partial charge in [0.1, 0.15) is 30.6 Å². The van der Waals surface area contributed by atoms with Crippen molar-refractivity contribution in [3.8, 4) is 23.3 Å². The van der Waals surface area contributed by atoms with Crippen molar-refractivity contribution in [2.75, 3.05) is 19.0 Å². The number of allylic oxidation sites excluding steroid dienone is 1. The zero-order chi connectivity index (χ0) is 26.5. The molecular weight excluding hydrogens is 474 g/mol. The fraction of sp³-hybridized carbons (Fsp3) is 0.156. The minimum atomic E-state index is -0.401. The number of hydrogen-bond acceptors (Lipinski definition) is 6. The summed E-state index contributed by atoms with van der Waals surface area (Å²) in [4.78, 5) is 1.99. The molecular formula is C32H29N3O3. The van der Waals surface area contributed by atoms with Gasteiger partial charge < -0.3 is 24.8 Å². The molecule has 0 amide bonds. The van der Waals surface area contributed by atoms with Crippen LogP contribution in [0.1, 0.15) is 28.2 Å². The number of hydrogen-bond donors (Lipinski definition) is 1. The molecule has 6 nitrogen and oxygen atoms in total. The highest BCUT2D eigenvalue weighted by Gasteiger charge is 2.31. The van der Waals surface area contributed by atoms with E-state index in [1.165, 1.54) is 0 Å². The molecule has 0 aliphatic carbocycles. The number of nitrogens with two attached hydrogens (primary N) is 1. The van der Waals surface area contributed by atoms with Gasteiger partial charge in [0, 0.05) is 31.4 Å². The van der Waals surface area contributed by atoms with Gasteiger partial charge in [-0.05, 0) is 34.9 Å². The fourth-order valence-electron chi connectivity index (χ4n) is 4.47. The summed E-state index contributed by atoms with van der Waals surface area (Å²) in [6.07, 6.45) is 0. The van der Waals surface area contributed by atoms with E-state index in [0.717, 1.165) is 27.9 Å². The van der Waals surface area contributed by atoms with Gasteiger partial charge in [0.15, 0.2) is 11.5 Å². The topological polar surface area (TPSA) is 80.7 Å². The molecule has 5 rings (SSSR count). The lowest BCUT2D eigenvalue weighted by Gasteiger charge is -2.28. The highest BCUT2D eigenvalue weighted by molar-refractivity contribution is 5.62. The summed E-state index contributed by atoms with van der Waals surface area (Å²) in [5.41, 5.74) is 11.4. The number of nitrogens with zero attached hydrogens (tertiary/aromatic N) is 2. The summed E-state index contributed by atoms with van der Waals surface area (Å²) in [6, 6.07) is 34.0. The van der Waals surface area contributed by atoms with Crippen molar-refractivity contribution >= 4 is 5.69 Å². The molecule has 38 heavy (non-hydrogen) atoms. The number of nitriles is 1. The fourth-order valence-corrected chi connectivity index (χ4v) is 4.47. The number of anilines is 1. The Hall–Kier alpha value is -4.89. The van der Waals surface area contributed by atoms with Crippen molar-refractivity contribution in [3.05, 3.63) is 131 Å². The molecule has 4 aromatic carbocycles. The molecule has 6 heteroatoms. The first-order valence-corrected chi connectivity index (χ1v) is 12.4. The monoisotopic (exact) mass is 503 g/mol. The number of fused-ring (bicyclic) bond motifs is 1. The van der Waals surface area contributed by atoms with Crippen LogP contribution in [0.5, 0.6) is 17.2 Å². The molecule has 0 aromatic heterocycles. The Kier molecular flexibility index (Phi) is 7.19. The molecule has 4 aromatic rings. The second-order valence-electron chi connectivity index (χ2n) is 9.30. The maximum absolute atomic E-state index is 10.0. The molecule has 0 radical (unpaired) electrons. The molecule has 0 spiro atoms. The summed E-state index contributed by atoms with van der Waals surface area (Å²) in [6.45, 7) is 0.789. The van der Waals surface area contributed by atoms with E-state index in [2.05, 4.69) is 6.07 Å². The Morgan fingerprint density at radius 1 is 0.816 bits per heavy atom. The van der Waals surface area contributed by atoms with Crippen LogP contribution in [0.3, 0.4) is 0 Å². The van der Waals surface area contributed by atoms with Crippen LogP contribution < -0.4 is 24.8 Å². The molecule has 1 atom stereocenters. The van der Waals surface area contributed by atoms with Crippen molar-refractivity contribution < 1.29 is 14.2 Å². The Morgan fingerprint density at radius 3 is 2.05 bits per heavy atom. The van der Waals surface area contributed by atoms with Gasteiger partial charge in [-0.3, -0.25) is 0 Å². The van der Waals surface area contributed by atoms with Crippen LogP contribution >= 0.6 is 0 Å². The number of ether oxygens (including phenoxy) is 3. The van der Waals surface area contributed by atoms with E-state index < -0.39 is 5.92 Å². The predicted molar refractivity (Wildman–Crippen MR) is 148 cm³/mol. The minimum absolute atomic E-state index is 0.108. The third-order valence-electron chi connectivity index (χ3n) is 6.49. The van der Waals surface area contributed by atoms with Gasteiger partial charge in [-0.25, -0.2) is 0 Å². The first-order chi connectivity index (χ1) is 18.5. The van der Waals surface area contributed by atoms with Crippen molar-refractivity contribution in [1.29, 1.82) is 5.26 Å². The second-order valence-corrected chi connectivity index (χ2v) is 9.30. The van der Waals surface area contributed by atoms with Gasteiger partial charge in [0.05, 0.1) is 5.92 Å². The van der Waals surface area contributed by atoms with E-state index in [1.807, 2.05) is 116 Å². The van der Waals surface area contributed by atoms with Crippen LogP contribution in [0, 0.1) is 11.3 Å². The Labute approximate surface area is 223 Å². The largest absolute Gasteiger partial charge is 0.485 e. The molecule has 190 valence electrons. The average molecular weight is 504 g/mol. The summed E-state index contributed by atoms with van der Waals surface area (Å²) in [5.74, 6) is 1.56. The van der Waals surface area contributed by atoms with Crippen LogP contribution in [0.2, 0.25) is 0 Å².